The highest BCUT2D eigenvalue weighted by molar-refractivity contribution is 7.89. The maximum atomic E-state index is 12.2. The highest BCUT2D eigenvalue weighted by Crippen LogP contribution is 2.25. The summed E-state index contributed by atoms with van der Waals surface area (Å²) in [6.07, 6.45) is 1.26. The van der Waals surface area contributed by atoms with Gasteiger partial charge in [0.1, 0.15) is 22.8 Å². The van der Waals surface area contributed by atoms with Crippen LogP contribution in [0.5, 0.6) is 5.75 Å². The van der Waals surface area contributed by atoms with Crippen LogP contribution in [-0.4, -0.2) is 41.8 Å². The van der Waals surface area contributed by atoms with Crippen molar-refractivity contribution in [3.05, 3.63) is 35.9 Å². The van der Waals surface area contributed by atoms with E-state index in [1.54, 1.807) is 0 Å². The summed E-state index contributed by atoms with van der Waals surface area (Å²) < 4.78 is 31.6. The lowest BCUT2D eigenvalue weighted by Crippen LogP contribution is -2.24. The van der Waals surface area contributed by atoms with Crippen LogP contribution in [-0.2, 0) is 16.6 Å². The highest BCUT2D eigenvalue weighted by atomic mass is 32.2. The van der Waals surface area contributed by atoms with E-state index in [0.29, 0.717) is 5.82 Å². The number of H-pyrrole nitrogens is 1. The van der Waals surface area contributed by atoms with Crippen LogP contribution in [0.2, 0.25) is 0 Å². The number of carbonyl (C=O) groups is 1. The summed E-state index contributed by atoms with van der Waals surface area (Å²) in [6, 6.07) is 3.50. The maximum absolute atomic E-state index is 12.2. The largest absolute Gasteiger partial charge is 0.495 e. The molecule has 10 heteroatoms. The second kappa shape index (κ2) is 5.89. The number of aromatic carboxylic acids is 1. The molecule has 0 fully saturated rings. The molecule has 112 valence electrons. The predicted molar refractivity (Wildman–Crippen MR) is 70.4 cm³/mol. The van der Waals surface area contributed by atoms with Gasteiger partial charge in [-0.05, 0) is 18.2 Å². The Labute approximate surface area is 120 Å². The second-order valence-corrected chi connectivity index (χ2v) is 5.66. The molecule has 0 aliphatic heterocycles. The molecular weight excluding hydrogens is 300 g/mol. The first-order valence-electron chi connectivity index (χ1n) is 5.69. The van der Waals surface area contributed by atoms with Crippen molar-refractivity contribution in [2.45, 2.75) is 11.4 Å². The smallest absolute Gasteiger partial charge is 0.335 e. The molecule has 1 heterocycles. The third-order valence-electron chi connectivity index (χ3n) is 2.59. The van der Waals surface area contributed by atoms with E-state index in [1.807, 2.05) is 0 Å². The number of sulfonamides is 1. The zero-order valence-corrected chi connectivity index (χ0v) is 11.7. The summed E-state index contributed by atoms with van der Waals surface area (Å²) in [5.74, 6) is -0.883. The minimum Gasteiger partial charge on any atom is -0.495 e. The van der Waals surface area contributed by atoms with Crippen molar-refractivity contribution in [3.63, 3.8) is 0 Å². The third-order valence-corrected chi connectivity index (χ3v) is 4.04. The fourth-order valence-electron chi connectivity index (χ4n) is 1.58. The molecule has 21 heavy (non-hydrogen) atoms. The van der Waals surface area contributed by atoms with Gasteiger partial charge >= 0.3 is 5.97 Å². The number of nitrogens with zero attached hydrogens (tertiary/aromatic N) is 2. The summed E-state index contributed by atoms with van der Waals surface area (Å²) >= 11 is 0. The monoisotopic (exact) mass is 312 g/mol. The lowest BCUT2D eigenvalue weighted by molar-refractivity contribution is 0.0696. The number of carboxylic acids is 1. The summed E-state index contributed by atoms with van der Waals surface area (Å²) in [6.45, 7) is -0.0772. The zero-order chi connectivity index (χ0) is 15.5. The molecular formula is C11H12N4O5S. The molecule has 0 saturated heterocycles. The molecule has 0 unspecified atom stereocenters. The molecule has 0 aliphatic carbocycles. The number of carboxylic acid groups (broad SMARTS) is 1. The highest BCUT2D eigenvalue weighted by Gasteiger charge is 2.21. The number of methoxy groups -OCH3 is 1. The van der Waals surface area contributed by atoms with E-state index in [1.165, 1.54) is 25.6 Å². The predicted octanol–water partition coefficient (Wildman–Crippen LogP) is -0.0100. The molecule has 0 atom stereocenters. The molecule has 0 radical (unpaired) electrons. The van der Waals surface area contributed by atoms with Gasteiger partial charge in [-0.25, -0.2) is 22.9 Å². The van der Waals surface area contributed by atoms with E-state index in [9.17, 15) is 13.2 Å². The molecule has 1 aromatic heterocycles. The van der Waals surface area contributed by atoms with Gasteiger partial charge in [0, 0.05) is 0 Å². The number of benzene rings is 1. The standard InChI is InChI=1S/C11H12N4O5S/c1-20-8-4-7(11(16)17)2-3-9(8)21(18,19)14-5-10-12-6-13-15-10/h2-4,6,14H,5H2,1H3,(H,16,17)(H,12,13,15). The van der Waals surface area contributed by atoms with Crippen LogP contribution in [0.3, 0.4) is 0 Å². The van der Waals surface area contributed by atoms with Crippen molar-refractivity contribution in [3.8, 4) is 5.75 Å². The Hall–Kier alpha value is -2.46. The van der Waals surface area contributed by atoms with Gasteiger partial charge in [-0.2, -0.15) is 5.10 Å². The SMILES string of the molecule is COc1cc(C(=O)O)ccc1S(=O)(=O)NCc1ncn[nH]1. The van der Waals surface area contributed by atoms with Crippen LogP contribution in [0.1, 0.15) is 16.2 Å². The first-order valence-corrected chi connectivity index (χ1v) is 7.17. The van der Waals surface area contributed by atoms with E-state index in [0.717, 1.165) is 6.07 Å². The van der Waals surface area contributed by atoms with E-state index in [4.69, 9.17) is 9.84 Å². The summed E-state index contributed by atoms with van der Waals surface area (Å²) in [4.78, 5) is 14.5. The lowest BCUT2D eigenvalue weighted by Gasteiger charge is -2.10. The van der Waals surface area contributed by atoms with Crippen molar-refractivity contribution < 1.29 is 23.1 Å². The lowest BCUT2D eigenvalue weighted by atomic mass is 10.2. The Kier molecular flexibility index (Phi) is 4.19. The number of rotatable bonds is 6. The number of hydrogen-bond acceptors (Lipinski definition) is 6. The molecule has 9 nitrogen and oxygen atoms in total. The van der Waals surface area contributed by atoms with E-state index in [2.05, 4.69) is 19.9 Å². The van der Waals surface area contributed by atoms with E-state index in [-0.39, 0.29) is 22.8 Å². The van der Waals surface area contributed by atoms with Crippen LogP contribution in [0.25, 0.3) is 0 Å². The molecule has 0 amide bonds. The molecule has 0 aliphatic rings. The van der Waals surface area contributed by atoms with Crippen molar-refractivity contribution in [1.82, 2.24) is 19.9 Å². The normalized spacial score (nSPS) is 11.3. The van der Waals surface area contributed by atoms with Gasteiger partial charge < -0.3 is 9.84 Å². The van der Waals surface area contributed by atoms with Crippen molar-refractivity contribution in [2.24, 2.45) is 0 Å². The van der Waals surface area contributed by atoms with Gasteiger partial charge in [-0.15, -0.1) is 0 Å². The molecule has 0 saturated carbocycles. The number of aromatic amines is 1. The number of aromatic nitrogens is 3. The van der Waals surface area contributed by atoms with Gasteiger partial charge in [-0.1, -0.05) is 0 Å². The molecule has 2 aromatic rings. The molecule has 3 N–H and O–H groups in total. The Morgan fingerprint density at radius 1 is 1.48 bits per heavy atom. The minimum absolute atomic E-state index is 0.0556. The second-order valence-electron chi connectivity index (χ2n) is 3.93. The van der Waals surface area contributed by atoms with Crippen molar-refractivity contribution >= 4 is 16.0 Å². The fraction of sp³-hybridized carbons (Fsp3) is 0.182. The fourth-order valence-corrected chi connectivity index (χ4v) is 2.72. The van der Waals surface area contributed by atoms with Gasteiger partial charge in [0.2, 0.25) is 10.0 Å². The van der Waals surface area contributed by atoms with Gasteiger partial charge in [0.25, 0.3) is 0 Å². The first kappa shape index (κ1) is 14.9. The van der Waals surface area contributed by atoms with Crippen molar-refractivity contribution in [2.75, 3.05) is 7.11 Å². The first-order chi connectivity index (χ1) is 9.94. The average Bonchev–Trinajstić information content (AvgIpc) is 2.97. The Bertz CT molecular complexity index is 742. The maximum Gasteiger partial charge on any atom is 0.335 e. The Morgan fingerprint density at radius 3 is 2.81 bits per heavy atom. The van der Waals surface area contributed by atoms with Crippen LogP contribution >= 0.6 is 0 Å². The molecule has 0 bridgehead atoms. The van der Waals surface area contributed by atoms with Crippen molar-refractivity contribution in [1.29, 1.82) is 0 Å². The number of ether oxygens (including phenoxy) is 1. The van der Waals surface area contributed by atoms with Gasteiger partial charge in [0.15, 0.2) is 0 Å². The molecule has 2 rings (SSSR count). The summed E-state index contributed by atoms with van der Waals surface area (Å²) in [5.41, 5.74) is -0.0685. The topological polar surface area (TPSA) is 134 Å². The molecule has 1 aromatic carbocycles. The zero-order valence-electron chi connectivity index (χ0n) is 10.9. The van der Waals surface area contributed by atoms with E-state index >= 15 is 0 Å². The van der Waals surface area contributed by atoms with Gasteiger partial charge in [0.05, 0.1) is 19.2 Å². The summed E-state index contributed by atoms with van der Waals surface area (Å²) in [7, 11) is -2.62. The van der Waals surface area contributed by atoms with Crippen LogP contribution in [0.15, 0.2) is 29.4 Å². The average molecular weight is 312 g/mol. The quantitative estimate of drug-likeness (QED) is 0.682. The third kappa shape index (κ3) is 3.35. The van der Waals surface area contributed by atoms with E-state index < -0.39 is 16.0 Å². The van der Waals surface area contributed by atoms with Crippen LogP contribution in [0, 0.1) is 0 Å². The number of hydrogen-bond donors (Lipinski definition) is 3. The van der Waals surface area contributed by atoms with Crippen LogP contribution < -0.4 is 9.46 Å². The Morgan fingerprint density at radius 2 is 2.24 bits per heavy atom. The molecule has 0 spiro atoms. The van der Waals surface area contributed by atoms with Crippen LogP contribution in [0.4, 0.5) is 0 Å². The summed E-state index contributed by atoms with van der Waals surface area (Å²) in [5, 5.41) is 15.0. The minimum atomic E-state index is -3.88. The Balaban J connectivity index is 2.28. The van der Waals surface area contributed by atoms with Gasteiger partial charge in [-0.3, -0.25) is 5.10 Å². The number of nitrogens with one attached hydrogen (secondary N) is 2.